The number of ether oxygens (including phenoxy) is 4. The highest BCUT2D eigenvalue weighted by atomic mass is 33.1. The van der Waals surface area contributed by atoms with Gasteiger partial charge in [-0.15, -0.1) is 0 Å². The third kappa shape index (κ3) is 5.94. The SMILES string of the molecule is COCC1COCCN1C(=S)SSC(=S)N1CCOCC1COC. The van der Waals surface area contributed by atoms with Crippen LogP contribution in [0.3, 0.4) is 0 Å². The molecule has 2 saturated heterocycles. The third-order valence-corrected chi connectivity index (χ3v) is 7.46. The Morgan fingerprint density at radius 3 is 1.71 bits per heavy atom. The molecule has 2 fully saturated rings. The van der Waals surface area contributed by atoms with Crippen molar-refractivity contribution in [2.75, 3.05) is 67.0 Å². The van der Waals surface area contributed by atoms with Crippen LogP contribution in [0.25, 0.3) is 0 Å². The molecule has 6 nitrogen and oxygen atoms in total. The maximum absolute atomic E-state index is 5.60. The van der Waals surface area contributed by atoms with Crippen LogP contribution in [-0.4, -0.2) is 97.5 Å². The highest BCUT2D eigenvalue weighted by Gasteiger charge is 2.28. The van der Waals surface area contributed by atoms with Crippen molar-refractivity contribution in [1.82, 2.24) is 9.80 Å². The first-order valence-corrected chi connectivity index (χ1v) is 10.7. The van der Waals surface area contributed by atoms with E-state index in [1.807, 2.05) is 0 Å². The highest BCUT2D eigenvalue weighted by molar-refractivity contribution is 8.89. The van der Waals surface area contributed by atoms with Crippen molar-refractivity contribution in [2.24, 2.45) is 0 Å². The number of morpholine rings is 2. The van der Waals surface area contributed by atoms with Crippen LogP contribution in [0.1, 0.15) is 0 Å². The molecule has 24 heavy (non-hydrogen) atoms. The molecule has 0 aromatic carbocycles. The smallest absolute Gasteiger partial charge is 0.147 e. The molecule has 0 amide bonds. The van der Waals surface area contributed by atoms with Crippen molar-refractivity contribution in [1.29, 1.82) is 0 Å². The van der Waals surface area contributed by atoms with Crippen LogP contribution in [0.4, 0.5) is 0 Å². The first-order valence-electron chi connectivity index (χ1n) is 7.76. The molecule has 2 rings (SSSR count). The molecule has 2 atom stereocenters. The first-order chi connectivity index (χ1) is 11.7. The van der Waals surface area contributed by atoms with Gasteiger partial charge in [-0.3, -0.25) is 0 Å². The maximum Gasteiger partial charge on any atom is 0.147 e. The predicted octanol–water partition coefficient (Wildman–Crippen LogP) is 1.63. The average molecular weight is 413 g/mol. The summed E-state index contributed by atoms with van der Waals surface area (Å²) in [7, 11) is 6.46. The zero-order valence-corrected chi connectivity index (χ0v) is 17.2. The fourth-order valence-corrected chi connectivity index (χ4v) is 5.53. The van der Waals surface area contributed by atoms with Gasteiger partial charge in [0.25, 0.3) is 0 Å². The van der Waals surface area contributed by atoms with E-state index in [0.29, 0.717) is 39.6 Å². The van der Waals surface area contributed by atoms with E-state index >= 15 is 0 Å². The summed E-state index contributed by atoms with van der Waals surface area (Å²) in [6.07, 6.45) is 0. The first kappa shape index (κ1) is 20.6. The van der Waals surface area contributed by atoms with Gasteiger partial charge in [-0.25, -0.2) is 0 Å². The number of thiocarbonyl (C=S) groups is 2. The Morgan fingerprint density at radius 1 is 0.917 bits per heavy atom. The van der Waals surface area contributed by atoms with Gasteiger partial charge in [0.2, 0.25) is 0 Å². The van der Waals surface area contributed by atoms with Crippen molar-refractivity contribution in [3.8, 4) is 0 Å². The average Bonchev–Trinajstić information content (AvgIpc) is 2.61. The molecule has 0 aromatic rings. The van der Waals surface area contributed by atoms with Gasteiger partial charge in [-0.1, -0.05) is 24.4 Å². The zero-order chi connectivity index (χ0) is 17.4. The van der Waals surface area contributed by atoms with Gasteiger partial charge in [0, 0.05) is 27.3 Å². The molecule has 0 bridgehead atoms. The zero-order valence-electron chi connectivity index (χ0n) is 14.0. The summed E-state index contributed by atoms with van der Waals surface area (Å²) in [5, 5.41) is 0. The van der Waals surface area contributed by atoms with Crippen molar-refractivity contribution < 1.29 is 18.9 Å². The minimum absolute atomic E-state index is 0.169. The van der Waals surface area contributed by atoms with Crippen LogP contribution >= 0.6 is 46.0 Å². The van der Waals surface area contributed by atoms with E-state index in [4.69, 9.17) is 43.4 Å². The van der Waals surface area contributed by atoms with Gasteiger partial charge >= 0.3 is 0 Å². The van der Waals surface area contributed by atoms with E-state index in [1.54, 1.807) is 14.2 Å². The number of rotatable bonds is 4. The number of nitrogens with zero attached hydrogens (tertiary/aromatic N) is 2. The third-order valence-electron chi connectivity index (χ3n) is 3.83. The predicted molar refractivity (Wildman–Crippen MR) is 107 cm³/mol. The van der Waals surface area contributed by atoms with Crippen molar-refractivity contribution in [2.45, 2.75) is 12.1 Å². The maximum atomic E-state index is 5.60. The van der Waals surface area contributed by atoms with E-state index in [2.05, 4.69) is 9.80 Å². The normalized spacial score (nSPS) is 24.9. The summed E-state index contributed by atoms with van der Waals surface area (Å²) >= 11 is 11.2. The van der Waals surface area contributed by atoms with Crippen LogP contribution in [0.2, 0.25) is 0 Å². The molecule has 0 N–H and O–H groups in total. The standard InChI is InChI=1S/C14H24N2O4S4/c1-17-7-11-9-19-5-3-15(11)13(21)23-24-14(22)16-4-6-20-10-12(16)8-18-2/h11-12H,3-10H2,1-2H3. The minimum Gasteiger partial charge on any atom is -0.382 e. The van der Waals surface area contributed by atoms with Crippen molar-refractivity contribution in [3.05, 3.63) is 0 Å². The highest BCUT2D eigenvalue weighted by Crippen LogP contribution is 2.31. The Labute approximate surface area is 162 Å². The Hall–Kier alpha value is 0.320. The van der Waals surface area contributed by atoms with E-state index < -0.39 is 0 Å². The van der Waals surface area contributed by atoms with E-state index in [1.165, 1.54) is 21.6 Å². The molecule has 2 aliphatic rings. The van der Waals surface area contributed by atoms with Crippen molar-refractivity contribution >= 4 is 54.7 Å². The van der Waals surface area contributed by atoms with E-state index in [9.17, 15) is 0 Å². The Bertz CT molecular complexity index is 388. The molecule has 0 radical (unpaired) electrons. The van der Waals surface area contributed by atoms with Crippen LogP contribution in [0, 0.1) is 0 Å². The molecule has 2 unspecified atom stereocenters. The molecule has 0 aromatic heterocycles. The number of methoxy groups -OCH3 is 2. The van der Waals surface area contributed by atoms with E-state index in [-0.39, 0.29) is 12.1 Å². The topological polar surface area (TPSA) is 43.4 Å². The largest absolute Gasteiger partial charge is 0.382 e. The monoisotopic (exact) mass is 412 g/mol. The minimum atomic E-state index is 0.169. The van der Waals surface area contributed by atoms with Gasteiger partial charge < -0.3 is 28.7 Å². The fourth-order valence-electron chi connectivity index (χ4n) is 2.62. The summed E-state index contributed by atoms with van der Waals surface area (Å²) in [6.45, 7) is 5.45. The molecule has 0 spiro atoms. The molecule has 0 aliphatic carbocycles. The van der Waals surface area contributed by atoms with Crippen LogP contribution in [0.15, 0.2) is 0 Å². The van der Waals surface area contributed by atoms with Gasteiger partial charge in [0.15, 0.2) is 0 Å². The molecule has 0 saturated carbocycles. The van der Waals surface area contributed by atoms with Gasteiger partial charge in [-0.2, -0.15) is 0 Å². The molecule has 2 aliphatic heterocycles. The Morgan fingerprint density at radius 2 is 1.33 bits per heavy atom. The van der Waals surface area contributed by atoms with E-state index in [0.717, 1.165) is 21.7 Å². The number of hydrogen-bond donors (Lipinski definition) is 0. The summed E-state index contributed by atoms with van der Waals surface area (Å²) in [5.74, 6) is 0. The molecule has 138 valence electrons. The summed E-state index contributed by atoms with van der Waals surface area (Å²) < 4.78 is 23.2. The lowest BCUT2D eigenvalue weighted by Gasteiger charge is -2.38. The number of hydrogen-bond acceptors (Lipinski definition) is 8. The summed E-state index contributed by atoms with van der Waals surface area (Å²) in [4.78, 5) is 4.35. The molecule has 2 heterocycles. The second-order valence-corrected chi connectivity index (χ2v) is 8.85. The van der Waals surface area contributed by atoms with Crippen molar-refractivity contribution in [3.63, 3.8) is 0 Å². The van der Waals surface area contributed by atoms with Gasteiger partial charge in [0.05, 0.1) is 51.7 Å². The Balaban J connectivity index is 1.84. The van der Waals surface area contributed by atoms with Gasteiger partial charge in [0.1, 0.15) is 8.64 Å². The fraction of sp³-hybridized carbons (Fsp3) is 0.857. The Kier molecular flexibility index (Phi) is 9.56. The lowest BCUT2D eigenvalue weighted by atomic mass is 10.2. The van der Waals surface area contributed by atoms with Crippen LogP contribution < -0.4 is 0 Å². The molecular weight excluding hydrogens is 388 g/mol. The van der Waals surface area contributed by atoms with Crippen LogP contribution in [-0.2, 0) is 18.9 Å². The van der Waals surface area contributed by atoms with Gasteiger partial charge in [-0.05, 0) is 21.6 Å². The quantitative estimate of drug-likeness (QED) is 0.503. The van der Waals surface area contributed by atoms with Crippen LogP contribution in [0.5, 0.6) is 0 Å². The second-order valence-electron chi connectivity index (χ2n) is 5.45. The summed E-state index contributed by atoms with van der Waals surface area (Å²) in [5.41, 5.74) is 0. The second kappa shape index (κ2) is 11.1. The summed E-state index contributed by atoms with van der Waals surface area (Å²) in [6, 6.07) is 0.338. The molecular formula is C14H24N2O4S4. The lowest BCUT2D eigenvalue weighted by Crippen LogP contribution is -2.50. The lowest BCUT2D eigenvalue weighted by molar-refractivity contribution is -0.00232. The molecule has 10 heteroatoms.